The maximum atomic E-state index is 4.33. The number of benzene rings is 3. The van der Waals surface area contributed by atoms with Gasteiger partial charge in [0.2, 0.25) is 0 Å². The maximum absolute atomic E-state index is 4.33. The molecule has 0 aliphatic carbocycles. The van der Waals surface area contributed by atoms with Crippen LogP contribution in [0.5, 0.6) is 0 Å². The molecule has 0 radical (unpaired) electrons. The fourth-order valence-electron chi connectivity index (χ4n) is 2.94. The number of fused-ring (bicyclic) bond motifs is 1. The fraction of sp³-hybridized carbons (Fsp3) is 0. The third-order valence-corrected chi connectivity index (χ3v) is 4.12. The minimum absolute atomic E-state index is 0.966. The summed E-state index contributed by atoms with van der Waals surface area (Å²) in [5.41, 5.74) is 4.63. The van der Waals surface area contributed by atoms with Crippen LogP contribution in [0.4, 0.5) is 0 Å². The summed E-state index contributed by atoms with van der Waals surface area (Å²) in [7, 11) is 0. The van der Waals surface area contributed by atoms with E-state index in [0.717, 1.165) is 5.69 Å². The van der Waals surface area contributed by atoms with Gasteiger partial charge in [0, 0.05) is 6.20 Å². The van der Waals surface area contributed by atoms with Gasteiger partial charge in [0.05, 0.1) is 5.69 Å². The van der Waals surface area contributed by atoms with E-state index in [2.05, 4.69) is 77.8 Å². The Morgan fingerprint density at radius 1 is 0.667 bits per heavy atom. The first-order valence-corrected chi connectivity index (χ1v) is 8.07. The highest BCUT2D eigenvalue weighted by Gasteiger charge is 2.03. The summed E-state index contributed by atoms with van der Waals surface area (Å²) in [6, 6.07) is 29.5. The molecule has 0 saturated carbocycles. The van der Waals surface area contributed by atoms with E-state index in [9.17, 15) is 0 Å². The Morgan fingerprint density at radius 3 is 2.42 bits per heavy atom. The highest BCUT2D eigenvalue weighted by atomic mass is 14.6. The van der Waals surface area contributed by atoms with E-state index in [-0.39, 0.29) is 0 Å². The molecule has 4 rings (SSSR count). The van der Waals surface area contributed by atoms with Crippen molar-refractivity contribution in [2.75, 3.05) is 0 Å². The SMILES string of the molecule is C(=Cc1ccccn1)c1cccc(-c2cccc3ccccc23)c1. The third kappa shape index (κ3) is 2.97. The second-order valence-electron chi connectivity index (χ2n) is 5.74. The Labute approximate surface area is 141 Å². The van der Waals surface area contributed by atoms with E-state index in [4.69, 9.17) is 0 Å². The Kier molecular flexibility index (Phi) is 3.91. The first-order chi connectivity index (χ1) is 11.9. The quantitative estimate of drug-likeness (QED) is 0.447. The summed E-state index contributed by atoms with van der Waals surface area (Å²) in [6.45, 7) is 0. The van der Waals surface area contributed by atoms with E-state index < -0.39 is 0 Å². The minimum Gasteiger partial charge on any atom is -0.257 e. The van der Waals surface area contributed by atoms with Gasteiger partial charge in [0.25, 0.3) is 0 Å². The van der Waals surface area contributed by atoms with Crippen molar-refractivity contribution in [1.29, 1.82) is 0 Å². The van der Waals surface area contributed by atoms with Crippen LogP contribution in [0.3, 0.4) is 0 Å². The van der Waals surface area contributed by atoms with Gasteiger partial charge < -0.3 is 0 Å². The van der Waals surface area contributed by atoms with Gasteiger partial charge in [-0.2, -0.15) is 0 Å². The zero-order valence-corrected chi connectivity index (χ0v) is 13.3. The molecule has 0 fully saturated rings. The highest BCUT2D eigenvalue weighted by molar-refractivity contribution is 5.96. The predicted molar refractivity (Wildman–Crippen MR) is 103 cm³/mol. The van der Waals surface area contributed by atoms with Crippen LogP contribution in [0.15, 0.2) is 91.1 Å². The normalized spacial score (nSPS) is 11.2. The molecule has 1 aromatic heterocycles. The summed E-state index contributed by atoms with van der Waals surface area (Å²) < 4.78 is 0. The van der Waals surface area contributed by atoms with Crippen molar-refractivity contribution >= 4 is 22.9 Å². The van der Waals surface area contributed by atoms with Crippen LogP contribution in [-0.4, -0.2) is 4.98 Å². The molecule has 0 amide bonds. The predicted octanol–water partition coefficient (Wildman–Crippen LogP) is 6.07. The average molecular weight is 307 g/mol. The molecule has 3 aromatic carbocycles. The van der Waals surface area contributed by atoms with Gasteiger partial charge in [0.1, 0.15) is 0 Å². The Bertz CT molecular complexity index is 995. The summed E-state index contributed by atoms with van der Waals surface area (Å²) in [4.78, 5) is 4.33. The van der Waals surface area contributed by atoms with Crippen molar-refractivity contribution < 1.29 is 0 Å². The monoisotopic (exact) mass is 307 g/mol. The van der Waals surface area contributed by atoms with Crippen molar-refractivity contribution in [2.24, 2.45) is 0 Å². The van der Waals surface area contributed by atoms with Crippen LogP contribution < -0.4 is 0 Å². The summed E-state index contributed by atoms with van der Waals surface area (Å²) in [5.74, 6) is 0. The van der Waals surface area contributed by atoms with Crippen LogP contribution in [-0.2, 0) is 0 Å². The molecule has 0 aliphatic rings. The molecular weight excluding hydrogens is 290 g/mol. The molecule has 24 heavy (non-hydrogen) atoms. The first-order valence-electron chi connectivity index (χ1n) is 8.07. The van der Waals surface area contributed by atoms with E-state index in [0.29, 0.717) is 0 Å². The lowest BCUT2D eigenvalue weighted by molar-refractivity contribution is 1.30. The van der Waals surface area contributed by atoms with Gasteiger partial charge >= 0.3 is 0 Å². The van der Waals surface area contributed by atoms with Gasteiger partial charge in [-0.25, -0.2) is 0 Å². The largest absolute Gasteiger partial charge is 0.257 e. The first kappa shape index (κ1) is 14.4. The smallest absolute Gasteiger partial charge is 0.0629 e. The molecule has 0 N–H and O–H groups in total. The summed E-state index contributed by atoms with van der Waals surface area (Å²) in [5, 5.41) is 2.55. The molecule has 0 unspecified atom stereocenters. The molecule has 0 aliphatic heterocycles. The fourth-order valence-corrected chi connectivity index (χ4v) is 2.94. The summed E-state index contributed by atoms with van der Waals surface area (Å²) >= 11 is 0. The highest BCUT2D eigenvalue weighted by Crippen LogP contribution is 2.29. The van der Waals surface area contributed by atoms with Gasteiger partial charge in [-0.1, -0.05) is 72.8 Å². The van der Waals surface area contributed by atoms with Crippen LogP contribution >= 0.6 is 0 Å². The molecular formula is C23H17N. The molecule has 0 atom stereocenters. The van der Waals surface area contributed by atoms with E-state index in [1.54, 1.807) is 0 Å². The van der Waals surface area contributed by atoms with E-state index in [1.807, 2.05) is 30.5 Å². The van der Waals surface area contributed by atoms with Crippen molar-refractivity contribution in [3.8, 4) is 11.1 Å². The standard InChI is InChI=1S/C23H17N/c1-2-12-22-19(8-1)9-6-13-23(22)20-10-5-7-18(17-20)14-15-21-11-3-4-16-24-21/h1-17H. The van der Waals surface area contributed by atoms with Crippen molar-refractivity contribution in [1.82, 2.24) is 4.98 Å². The Balaban J connectivity index is 1.73. The molecule has 1 heteroatoms. The van der Waals surface area contributed by atoms with Gasteiger partial charge in [-0.05, 0) is 51.7 Å². The van der Waals surface area contributed by atoms with Crippen LogP contribution in [0.2, 0.25) is 0 Å². The number of hydrogen-bond acceptors (Lipinski definition) is 1. The zero-order valence-electron chi connectivity index (χ0n) is 13.3. The van der Waals surface area contributed by atoms with Crippen LogP contribution in [0.25, 0.3) is 34.1 Å². The van der Waals surface area contributed by atoms with E-state index >= 15 is 0 Å². The third-order valence-electron chi connectivity index (χ3n) is 4.12. The van der Waals surface area contributed by atoms with Crippen LogP contribution in [0.1, 0.15) is 11.3 Å². The second kappa shape index (κ2) is 6.51. The van der Waals surface area contributed by atoms with Gasteiger partial charge in [-0.3, -0.25) is 4.98 Å². The zero-order chi connectivity index (χ0) is 16.2. The molecule has 114 valence electrons. The van der Waals surface area contributed by atoms with Crippen molar-refractivity contribution in [3.05, 3.63) is 102 Å². The topological polar surface area (TPSA) is 12.9 Å². The number of aromatic nitrogens is 1. The molecule has 1 nitrogen and oxygen atoms in total. The molecule has 0 saturated heterocycles. The lowest BCUT2D eigenvalue weighted by Crippen LogP contribution is -1.82. The second-order valence-corrected chi connectivity index (χ2v) is 5.74. The molecule has 1 heterocycles. The molecule has 0 bridgehead atoms. The number of pyridine rings is 1. The lowest BCUT2D eigenvalue weighted by Gasteiger charge is -2.07. The van der Waals surface area contributed by atoms with Gasteiger partial charge in [-0.15, -0.1) is 0 Å². The molecule has 0 spiro atoms. The van der Waals surface area contributed by atoms with E-state index in [1.165, 1.54) is 27.5 Å². The molecule has 4 aromatic rings. The Morgan fingerprint density at radius 2 is 1.50 bits per heavy atom. The van der Waals surface area contributed by atoms with Crippen molar-refractivity contribution in [2.45, 2.75) is 0 Å². The average Bonchev–Trinajstić information content (AvgIpc) is 2.67. The van der Waals surface area contributed by atoms with Gasteiger partial charge in [0.15, 0.2) is 0 Å². The lowest BCUT2D eigenvalue weighted by atomic mass is 9.97. The van der Waals surface area contributed by atoms with Crippen molar-refractivity contribution in [3.63, 3.8) is 0 Å². The minimum atomic E-state index is 0.966. The number of nitrogens with zero attached hydrogens (tertiary/aromatic N) is 1. The maximum Gasteiger partial charge on any atom is 0.0629 e. The number of rotatable bonds is 3. The van der Waals surface area contributed by atoms with Crippen LogP contribution in [0, 0.1) is 0 Å². The number of hydrogen-bond donors (Lipinski definition) is 0. The Hall–Kier alpha value is -3.19. The summed E-state index contributed by atoms with van der Waals surface area (Å²) in [6.07, 6.45) is 5.96.